The van der Waals surface area contributed by atoms with Gasteiger partial charge in [0.15, 0.2) is 0 Å². The summed E-state index contributed by atoms with van der Waals surface area (Å²) in [6.45, 7) is 6.53. The fourth-order valence-corrected chi connectivity index (χ4v) is 2.50. The van der Waals surface area contributed by atoms with Gasteiger partial charge in [0.1, 0.15) is 5.60 Å². The van der Waals surface area contributed by atoms with Crippen molar-refractivity contribution < 1.29 is 22.7 Å². The number of fused-ring (bicyclic) bond motifs is 1. The number of anilines is 2. The van der Waals surface area contributed by atoms with Gasteiger partial charge in [0.2, 0.25) is 5.95 Å². The largest absolute Gasteiger partial charge is 0.442 e. The lowest BCUT2D eigenvalue weighted by Crippen LogP contribution is -2.27. The fraction of sp³-hybridized carbons (Fsp3) is 0.333. The Bertz CT molecular complexity index is 1040. The normalized spacial score (nSPS) is 12.2. The van der Waals surface area contributed by atoms with Crippen LogP contribution in [0.3, 0.4) is 0 Å². The molecule has 0 aliphatic carbocycles. The highest BCUT2D eigenvalue weighted by Gasteiger charge is 2.33. The highest BCUT2D eigenvalue weighted by atomic mass is 19.4. The van der Waals surface area contributed by atoms with Crippen molar-refractivity contribution >= 4 is 28.6 Å². The number of nitrogens with one attached hydrogen (secondary N) is 1. The molecule has 0 atom stereocenters. The topological polar surface area (TPSA) is 81.9 Å². The zero-order valence-corrected chi connectivity index (χ0v) is 15.6. The molecular weight excluding hydrogens is 375 g/mol. The van der Waals surface area contributed by atoms with Crippen LogP contribution in [-0.4, -0.2) is 31.4 Å². The molecule has 0 aliphatic rings. The third-order valence-electron chi connectivity index (χ3n) is 3.68. The van der Waals surface area contributed by atoms with E-state index in [2.05, 4.69) is 20.4 Å². The van der Waals surface area contributed by atoms with E-state index in [1.165, 1.54) is 13.1 Å². The van der Waals surface area contributed by atoms with E-state index in [1.54, 1.807) is 39.0 Å². The molecule has 0 amide bonds. The highest BCUT2D eigenvalue weighted by Crippen LogP contribution is 2.31. The number of nitrogens with zero attached hydrogens (tertiary/aromatic N) is 4. The Balaban J connectivity index is 1.84. The lowest BCUT2D eigenvalue weighted by atomic mass is 10.2. The fourth-order valence-electron chi connectivity index (χ4n) is 2.50. The molecule has 0 saturated carbocycles. The predicted octanol–water partition coefficient (Wildman–Crippen LogP) is 4.68. The molecule has 0 spiro atoms. The Morgan fingerprint density at radius 2 is 1.89 bits per heavy atom. The van der Waals surface area contributed by atoms with E-state index in [9.17, 15) is 18.0 Å². The van der Waals surface area contributed by atoms with Gasteiger partial charge >= 0.3 is 12.3 Å². The molecule has 1 aromatic carbocycles. The molecule has 2 heterocycles. The van der Waals surface area contributed by atoms with Crippen molar-refractivity contribution in [2.24, 2.45) is 0 Å². The number of rotatable bonds is 2. The molecule has 3 aromatic rings. The van der Waals surface area contributed by atoms with E-state index in [0.717, 1.165) is 10.9 Å². The minimum absolute atomic E-state index is 0.0318. The number of benzene rings is 1. The summed E-state index contributed by atoms with van der Waals surface area (Å²) in [6.07, 6.45) is -2.88. The average molecular weight is 393 g/mol. The highest BCUT2D eigenvalue weighted by molar-refractivity contribution is 5.90. The lowest BCUT2D eigenvalue weighted by molar-refractivity contribution is -0.138. The van der Waals surface area contributed by atoms with Crippen LogP contribution in [0.15, 0.2) is 30.6 Å². The molecule has 28 heavy (non-hydrogen) atoms. The van der Waals surface area contributed by atoms with E-state index < -0.39 is 23.4 Å². The monoisotopic (exact) mass is 393 g/mol. The molecule has 148 valence electrons. The maximum absolute atomic E-state index is 12.8. The Hall–Kier alpha value is -3.17. The average Bonchev–Trinajstić information content (AvgIpc) is 2.95. The summed E-state index contributed by atoms with van der Waals surface area (Å²) in [5.41, 5.74) is -0.648. The molecule has 0 radical (unpaired) electrons. The van der Waals surface area contributed by atoms with Crippen LogP contribution >= 0.6 is 0 Å². The number of carbonyl (C=O) groups excluding carboxylic acids is 1. The number of carbonyl (C=O) groups is 1. The number of aryl methyl sites for hydroxylation is 1. The summed E-state index contributed by atoms with van der Waals surface area (Å²) in [5.74, 6) is 0.0318. The molecule has 0 fully saturated rings. The second-order valence-corrected chi connectivity index (χ2v) is 7.13. The zero-order valence-electron chi connectivity index (χ0n) is 15.6. The van der Waals surface area contributed by atoms with E-state index in [-0.39, 0.29) is 11.6 Å². The van der Waals surface area contributed by atoms with Crippen LogP contribution in [0.25, 0.3) is 10.9 Å². The van der Waals surface area contributed by atoms with Crippen molar-refractivity contribution in [2.45, 2.75) is 39.5 Å². The summed E-state index contributed by atoms with van der Waals surface area (Å²) >= 11 is 0. The molecule has 0 unspecified atom stereocenters. The Morgan fingerprint density at radius 3 is 2.50 bits per heavy atom. The van der Waals surface area contributed by atoms with Crippen LogP contribution in [0.2, 0.25) is 0 Å². The first-order valence-corrected chi connectivity index (χ1v) is 8.33. The van der Waals surface area contributed by atoms with Crippen molar-refractivity contribution in [3.8, 4) is 0 Å². The first-order valence-electron chi connectivity index (χ1n) is 8.33. The van der Waals surface area contributed by atoms with Crippen LogP contribution in [0.4, 0.5) is 29.6 Å². The molecule has 10 heteroatoms. The second-order valence-electron chi connectivity index (χ2n) is 7.13. The van der Waals surface area contributed by atoms with Crippen molar-refractivity contribution in [2.75, 3.05) is 5.32 Å². The molecule has 0 aliphatic heterocycles. The van der Waals surface area contributed by atoms with E-state index >= 15 is 0 Å². The first-order chi connectivity index (χ1) is 12.9. The third-order valence-corrected chi connectivity index (χ3v) is 3.68. The van der Waals surface area contributed by atoms with E-state index in [4.69, 9.17) is 4.74 Å². The van der Waals surface area contributed by atoms with Gasteiger partial charge in [-0.1, -0.05) is 0 Å². The van der Waals surface area contributed by atoms with Gasteiger partial charge in [-0.05, 0) is 45.9 Å². The number of ether oxygens (including phenoxy) is 1. The Kier molecular flexibility index (Phi) is 4.74. The summed E-state index contributed by atoms with van der Waals surface area (Å²) in [4.78, 5) is 19.8. The maximum atomic E-state index is 12.8. The molecule has 1 N–H and O–H groups in total. The molecular formula is C18H18F3N5O2. The third kappa shape index (κ3) is 4.21. The molecule has 2 aromatic heterocycles. The number of aromatic nitrogens is 4. The molecule has 3 rings (SSSR count). The molecule has 0 bridgehead atoms. The lowest BCUT2D eigenvalue weighted by Gasteiger charge is -2.19. The minimum atomic E-state index is -4.50. The van der Waals surface area contributed by atoms with Gasteiger partial charge in [-0.15, -0.1) is 0 Å². The van der Waals surface area contributed by atoms with Gasteiger partial charge in [-0.2, -0.15) is 23.0 Å². The standard InChI is InChI=1S/C18H18F3N5O2/c1-10-13(18(19,20)21)9-22-15(24-10)25-12-5-6-14-11(7-12)8-23-26(14)16(27)28-17(2,3)4/h5-9H,1-4H3,(H,22,24,25). The SMILES string of the molecule is Cc1nc(Nc2ccc3c(cnn3C(=O)OC(C)(C)C)c2)ncc1C(F)(F)F. The molecule has 0 saturated heterocycles. The van der Waals surface area contributed by atoms with Crippen LogP contribution < -0.4 is 5.32 Å². The zero-order chi connectivity index (χ0) is 20.7. The van der Waals surface area contributed by atoms with Crippen LogP contribution in [-0.2, 0) is 10.9 Å². The number of hydrogen-bond acceptors (Lipinski definition) is 6. The number of hydrogen-bond donors (Lipinski definition) is 1. The smallest absolute Gasteiger partial charge is 0.435 e. The quantitative estimate of drug-likeness (QED) is 0.681. The Morgan fingerprint density at radius 1 is 1.18 bits per heavy atom. The Labute approximate surface area is 158 Å². The minimum Gasteiger partial charge on any atom is -0.442 e. The maximum Gasteiger partial charge on any atom is 0.435 e. The van der Waals surface area contributed by atoms with Crippen molar-refractivity contribution in [1.82, 2.24) is 19.7 Å². The van der Waals surface area contributed by atoms with Gasteiger partial charge in [0.05, 0.1) is 23.0 Å². The summed E-state index contributed by atoms with van der Waals surface area (Å²) < 4.78 is 44.9. The number of halogens is 3. The summed E-state index contributed by atoms with van der Waals surface area (Å²) in [5, 5.41) is 7.53. The van der Waals surface area contributed by atoms with Gasteiger partial charge in [-0.25, -0.2) is 14.8 Å². The predicted molar refractivity (Wildman–Crippen MR) is 96.4 cm³/mol. The summed E-state index contributed by atoms with van der Waals surface area (Å²) in [6, 6.07) is 4.96. The first kappa shape index (κ1) is 19.6. The second kappa shape index (κ2) is 6.77. The molecule has 7 nitrogen and oxygen atoms in total. The van der Waals surface area contributed by atoms with Crippen LogP contribution in [0.1, 0.15) is 32.0 Å². The van der Waals surface area contributed by atoms with Crippen molar-refractivity contribution in [3.63, 3.8) is 0 Å². The van der Waals surface area contributed by atoms with E-state index in [0.29, 0.717) is 16.6 Å². The number of alkyl halides is 3. The summed E-state index contributed by atoms with van der Waals surface area (Å²) in [7, 11) is 0. The van der Waals surface area contributed by atoms with Gasteiger partial charge in [0, 0.05) is 17.3 Å². The van der Waals surface area contributed by atoms with Crippen LogP contribution in [0.5, 0.6) is 0 Å². The van der Waals surface area contributed by atoms with E-state index in [1.807, 2.05) is 0 Å². The van der Waals surface area contributed by atoms with Gasteiger partial charge < -0.3 is 10.1 Å². The van der Waals surface area contributed by atoms with Gasteiger partial charge in [-0.3, -0.25) is 0 Å². The van der Waals surface area contributed by atoms with Crippen LogP contribution in [0, 0.1) is 6.92 Å². The van der Waals surface area contributed by atoms with Crippen molar-refractivity contribution in [3.05, 3.63) is 41.9 Å². The van der Waals surface area contributed by atoms with Gasteiger partial charge in [0.25, 0.3) is 0 Å². The van der Waals surface area contributed by atoms with Crippen molar-refractivity contribution in [1.29, 1.82) is 0 Å².